The summed E-state index contributed by atoms with van der Waals surface area (Å²) in [4.78, 5) is 54.7. The van der Waals surface area contributed by atoms with Crippen molar-refractivity contribution in [1.29, 1.82) is 0 Å². The summed E-state index contributed by atoms with van der Waals surface area (Å²) in [5, 5.41) is 5.54. The van der Waals surface area contributed by atoms with Crippen LogP contribution >= 0.6 is 0 Å². The van der Waals surface area contributed by atoms with Crippen LogP contribution in [0.5, 0.6) is 0 Å². The van der Waals surface area contributed by atoms with Gasteiger partial charge in [-0.25, -0.2) is 4.79 Å². The van der Waals surface area contributed by atoms with Crippen molar-refractivity contribution >= 4 is 39.1 Å². The Labute approximate surface area is 238 Å². The highest BCUT2D eigenvalue weighted by molar-refractivity contribution is 8.01. The Bertz CT molecular complexity index is 1180. The molecule has 40 heavy (non-hydrogen) atoms. The van der Waals surface area contributed by atoms with Gasteiger partial charge < -0.3 is 20.3 Å². The molecule has 1 aromatic carbocycles. The highest BCUT2D eigenvalue weighted by Gasteiger charge is 2.41. The number of benzene rings is 1. The summed E-state index contributed by atoms with van der Waals surface area (Å²) < 4.78 is 18.6. The van der Waals surface area contributed by atoms with Crippen molar-refractivity contribution in [3.8, 4) is 0 Å². The molecule has 0 spiro atoms. The molecule has 4 unspecified atom stereocenters. The summed E-state index contributed by atoms with van der Waals surface area (Å²) in [6, 6.07) is 4.62. The lowest BCUT2D eigenvalue weighted by Gasteiger charge is -2.35. The fraction of sp³-hybridized carbons (Fsp3) is 0.633. The van der Waals surface area contributed by atoms with Crippen molar-refractivity contribution in [2.45, 2.75) is 108 Å². The average molecular weight is 576 g/mol. The molecular formula is C30H45N3O6S. The Kier molecular flexibility index (Phi) is 10.4. The minimum Gasteiger partial charge on any atom is -0.444 e. The topological polar surface area (TPSA) is 122 Å². The van der Waals surface area contributed by atoms with Crippen LogP contribution in [0.2, 0.25) is 0 Å². The van der Waals surface area contributed by atoms with Gasteiger partial charge in [0.1, 0.15) is 17.7 Å². The molecule has 2 aliphatic rings. The van der Waals surface area contributed by atoms with Crippen molar-refractivity contribution in [2.24, 2.45) is 5.92 Å². The van der Waals surface area contributed by atoms with Gasteiger partial charge in [-0.15, -0.1) is 0 Å². The number of likely N-dealkylation sites (tertiary alicyclic amines) is 1. The van der Waals surface area contributed by atoms with Gasteiger partial charge in [0.05, 0.1) is 11.8 Å². The van der Waals surface area contributed by atoms with Crippen molar-refractivity contribution in [3.05, 3.63) is 29.8 Å². The molecule has 3 amide bonds. The van der Waals surface area contributed by atoms with Crippen LogP contribution in [0.1, 0.15) is 78.2 Å². The third kappa shape index (κ3) is 8.56. The molecule has 2 N–H and O–H groups in total. The number of nitrogens with one attached hydrogen (secondary N) is 2. The number of aryl methyl sites for hydroxylation is 1. The molecule has 0 radical (unpaired) electrons. The summed E-state index contributed by atoms with van der Waals surface area (Å²) >= 11 is 0. The molecule has 1 aliphatic carbocycles. The van der Waals surface area contributed by atoms with Crippen LogP contribution in [0.15, 0.2) is 29.2 Å². The molecule has 0 bridgehead atoms. The quantitative estimate of drug-likeness (QED) is 0.434. The molecule has 2 fully saturated rings. The zero-order valence-electron chi connectivity index (χ0n) is 24.5. The van der Waals surface area contributed by atoms with Gasteiger partial charge in [-0.1, -0.05) is 37.0 Å². The van der Waals surface area contributed by atoms with E-state index in [0.717, 1.165) is 37.7 Å². The van der Waals surface area contributed by atoms with E-state index in [9.17, 15) is 23.4 Å². The summed E-state index contributed by atoms with van der Waals surface area (Å²) in [5.74, 6) is 2.33. The Morgan fingerprint density at radius 1 is 1.02 bits per heavy atom. The van der Waals surface area contributed by atoms with Gasteiger partial charge >= 0.3 is 6.09 Å². The van der Waals surface area contributed by atoms with Gasteiger partial charge in [0.25, 0.3) is 0 Å². The van der Waals surface area contributed by atoms with Crippen LogP contribution in [0.25, 0.3) is 0 Å². The lowest BCUT2D eigenvalue weighted by molar-refractivity contribution is -0.141. The molecule has 1 saturated carbocycles. The van der Waals surface area contributed by atoms with E-state index >= 15 is 0 Å². The first-order valence-electron chi connectivity index (χ1n) is 14.2. The van der Waals surface area contributed by atoms with E-state index in [2.05, 4.69) is 16.5 Å². The van der Waals surface area contributed by atoms with Crippen LogP contribution in [0, 0.1) is 12.8 Å². The van der Waals surface area contributed by atoms with Crippen LogP contribution < -0.4 is 10.6 Å². The summed E-state index contributed by atoms with van der Waals surface area (Å²) in [6.45, 7) is 9.15. The number of hydrogen-bond acceptors (Lipinski definition) is 6. The zero-order valence-corrected chi connectivity index (χ0v) is 25.3. The number of Topliss-reactive ketones (excluding diaryl/α,β-unsaturated/α-hetero) is 1. The average Bonchev–Trinajstić information content (AvgIpc) is 3.36. The Hall–Kier alpha value is -2.88. The maximum absolute atomic E-state index is 13.8. The highest BCUT2D eigenvalue weighted by Crippen LogP contribution is 2.29. The second kappa shape index (κ2) is 13.2. The van der Waals surface area contributed by atoms with E-state index in [0.29, 0.717) is 24.3 Å². The number of carbonyl (C=O) groups is 4. The highest BCUT2D eigenvalue weighted by atomic mass is 32.2. The number of nitrogens with zero attached hydrogens (tertiary/aromatic N) is 1. The lowest BCUT2D eigenvalue weighted by atomic mass is 9.83. The number of rotatable bonds is 9. The molecule has 9 nitrogen and oxygen atoms in total. The number of carbonyl (C=O) groups excluding carboxylic acids is 4. The zero-order chi connectivity index (χ0) is 29.7. The van der Waals surface area contributed by atoms with E-state index in [1.165, 1.54) is 4.90 Å². The van der Waals surface area contributed by atoms with Crippen molar-refractivity contribution in [2.75, 3.05) is 12.3 Å². The molecule has 222 valence electrons. The van der Waals surface area contributed by atoms with E-state index in [1.807, 2.05) is 19.1 Å². The van der Waals surface area contributed by atoms with Crippen LogP contribution in [0.3, 0.4) is 0 Å². The predicted molar refractivity (Wildman–Crippen MR) is 157 cm³/mol. The fourth-order valence-electron chi connectivity index (χ4n) is 5.38. The number of amides is 3. The largest absolute Gasteiger partial charge is 0.444 e. The summed E-state index contributed by atoms with van der Waals surface area (Å²) in [6.07, 6.45) is 5.11. The maximum atomic E-state index is 13.8. The Balaban J connectivity index is 1.68. The van der Waals surface area contributed by atoms with Gasteiger partial charge in [-0.3, -0.25) is 18.6 Å². The van der Waals surface area contributed by atoms with Crippen molar-refractivity contribution in [3.63, 3.8) is 0 Å². The smallest absolute Gasteiger partial charge is 0.408 e. The lowest BCUT2D eigenvalue weighted by Crippen LogP contribution is -2.57. The maximum Gasteiger partial charge on any atom is 0.408 e. The molecule has 0 aromatic heterocycles. The SMILES string of the molecule is C=S(=O)(CC(=O)C(C)NC(=O)C1CCCN1C(=O)C(NC(=O)OC(C)(C)C)C1CCCCC1)c1ccc(C)cc1. The normalized spacial score (nSPS) is 21.1. The first-order chi connectivity index (χ1) is 18.7. The molecule has 1 aliphatic heterocycles. The first-order valence-corrected chi connectivity index (χ1v) is 16.1. The van der Waals surface area contributed by atoms with Crippen LogP contribution in [-0.4, -0.2) is 74.7 Å². The molecular weight excluding hydrogens is 530 g/mol. The van der Waals surface area contributed by atoms with Crippen LogP contribution in [-0.2, 0) is 28.6 Å². The Morgan fingerprint density at radius 2 is 1.65 bits per heavy atom. The van der Waals surface area contributed by atoms with Crippen molar-refractivity contribution < 1.29 is 28.1 Å². The van der Waals surface area contributed by atoms with Gasteiger partial charge in [0, 0.05) is 21.0 Å². The monoisotopic (exact) mass is 575 g/mol. The van der Waals surface area contributed by atoms with E-state index < -0.39 is 51.0 Å². The van der Waals surface area contributed by atoms with Crippen LogP contribution in [0.4, 0.5) is 4.79 Å². The predicted octanol–water partition coefficient (Wildman–Crippen LogP) is 3.61. The first kappa shape index (κ1) is 31.6. The number of hydrogen-bond donors (Lipinski definition) is 2. The second-order valence-electron chi connectivity index (χ2n) is 12.2. The van der Waals surface area contributed by atoms with E-state index in [1.54, 1.807) is 39.8 Å². The Morgan fingerprint density at radius 3 is 2.25 bits per heavy atom. The van der Waals surface area contributed by atoms with Gasteiger partial charge in [0.2, 0.25) is 11.8 Å². The molecule has 4 atom stereocenters. The summed E-state index contributed by atoms with van der Waals surface area (Å²) in [7, 11) is -2.87. The fourth-order valence-corrected chi connectivity index (χ4v) is 6.89. The van der Waals surface area contributed by atoms with Gasteiger partial charge in [0.15, 0.2) is 5.78 Å². The van der Waals surface area contributed by atoms with E-state index in [4.69, 9.17) is 4.74 Å². The van der Waals surface area contributed by atoms with Gasteiger partial charge in [-0.2, -0.15) is 0 Å². The molecule has 1 heterocycles. The molecule has 10 heteroatoms. The standard InChI is InChI=1S/C30H45N3O6S/c1-20-14-16-23(17-15-20)40(6,38)19-25(34)21(2)31-27(35)24-13-10-18-33(24)28(36)26(22-11-8-7-9-12-22)32-29(37)39-30(3,4)5/h14-17,21-22,24,26H,6-13,18-19H2,1-5H3,(H,31,35)(H,32,37). The van der Waals surface area contributed by atoms with E-state index in [-0.39, 0.29) is 17.6 Å². The third-order valence-corrected chi connectivity index (χ3v) is 9.45. The summed E-state index contributed by atoms with van der Waals surface area (Å²) in [5.41, 5.74) is 0.299. The molecule has 3 rings (SSSR count). The number of ketones is 1. The number of ether oxygens (including phenoxy) is 1. The van der Waals surface area contributed by atoms with Crippen molar-refractivity contribution in [1.82, 2.24) is 15.5 Å². The van der Waals surface area contributed by atoms with Gasteiger partial charge in [-0.05, 0) is 84.2 Å². The minimum absolute atomic E-state index is 0.0365. The minimum atomic E-state index is -2.87. The third-order valence-electron chi connectivity index (χ3n) is 7.57. The molecule has 1 aromatic rings. The second-order valence-corrected chi connectivity index (χ2v) is 14.6. The molecule has 1 saturated heterocycles. The number of alkyl carbamates (subject to hydrolysis) is 1.